The third-order valence-corrected chi connectivity index (χ3v) is 6.03. The van der Waals surface area contributed by atoms with E-state index in [1.54, 1.807) is 55.0 Å². The molecule has 0 bridgehead atoms. The van der Waals surface area contributed by atoms with Crippen molar-refractivity contribution in [1.29, 1.82) is 0 Å². The van der Waals surface area contributed by atoms with Crippen molar-refractivity contribution in [2.45, 2.75) is 6.54 Å². The number of imidazole rings is 1. The smallest absolute Gasteiger partial charge is 0.159 e. The van der Waals surface area contributed by atoms with Crippen molar-refractivity contribution in [3.05, 3.63) is 84.3 Å². The first kappa shape index (κ1) is 22.0. The molecule has 0 aliphatic rings. The Bertz CT molecular complexity index is 1740. The van der Waals surface area contributed by atoms with Gasteiger partial charge in [-0.1, -0.05) is 12.1 Å². The van der Waals surface area contributed by atoms with Crippen LogP contribution in [0.3, 0.4) is 0 Å². The lowest BCUT2D eigenvalue weighted by Crippen LogP contribution is -2.10. The van der Waals surface area contributed by atoms with Crippen LogP contribution in [0, 0.1) is 11.6 Å². The minimum absolute atomic E-state index is 0.310. The van der Waals surface area contributed by atoms with Gasteiger partial charge >= 0.3 is 0 Å². The molecule has 0 amide bonds. The fraction of sp³-hybridized carbons (Fsp3) is 0.111. The number of H-pyrrole nitrogens is 2. The van der Waals surface area contributed by atoms with Crippen LogP contribution < -0.4 is 0 Å². The summed E-state index contributed by atoms with van der Waals surface area (Å²) in [5, 5.41) is 7.56. The number of rotatable bonds is 5. The Morgan fingerprint density at radius 2 is 1.78 bits per heavy atom. The zero-order valence-electron chi connectivity index (χ0n) is 19.5. The second kappa shape index (κ2) is 8.62. The number of benzene rings is 2. The van der Waals surface area contributed by atoms with E-state index in [9.17, 15) is 4.39 Å². The van der Waals surface area contributed by atoms with E-state index in [1.807, 2.05) is 25.1 Å². The van der Waals surface area contributed by atoms with Crippen molar-refractivity contribution in [3.8, 4) is 33.9 Å². The van der Waals surface area contributed by atoms with Crippen LogP contribution in [0.15, 0.2) is 67.1 Å². The van der Waals surface area contributed by atoms with Gasteiger partial charge in [-0.05, 0) is 56.1 Å². The maximum Gasteiger partial charge on any atom is 0.159 e. The van der Waals surface area contributed by atoms with Crippen molar-refractivity contribution in [3.63, 3.8) is 0 Å². The molecule has 0 radical (unpaired) electrons. The Kier molecular flexibility index (Phi) is 5.26. The zero-order chi connectivity index (χ0) is 24.8. The maximum atomic E-state index is 16.0. The van der Waals surface area contributed by atoms with Gasteiger partial charge in [0.2, 0.25) is 0 Å². The number of pyridine rings is 2. The third-order valence-electron chi connectivity index (χ3n) is 6.03. The van der Waals surface area contributed by atoms with E-state index < -0.39 is 11.6 Å². The maximum absolute atomic E-state index is 16.0. The van der Waals surface area contributed by atoms with Crippen LogP contribution >= 0.6 is 0 Å². The number of nitrogens with zero attached hydrogens (tertiary/aromatic N) is 5. The van der Waals surface area contributed by atoms with Crippen LogP contribution in [0.5, 0.6) is 0 Å². The summed E-state index contributed by atoms with van der Waals surface area (Å²) in [6, 6.07) is 13.6. The van der Waals surface area contributed by atoms with Gasteiger partial charge in [-0.25, -0.2) is 13.8 Å². The first-order valence-corrected chi connectivity index (χ1v) is 11.3. The Labute approximate surface area is 204 Å². The Hall–Kier alpha value is -4.50. The summed E-state index contributed by atoms with van der Waals surface area (Å²) in [7, 11) is 3.94. The first-order valence-electron chi connectivity index (χ1n) is 11.3. The summed E-state index contributed by atoms with van der Waals surface area (Å²) in [6.45, 7) is 0.693. The van der Waals surface area contributed by atoms with Gasteiger partial charge in [-0.2, -0.15) is 5.10 Å². The highest BCUT2D eigenvalue weighted by Crippen LogP contribution is 2.35. The minimum atomic E-state index is -0.423. The molecule has 9 heteroatoms. The molecule has 6 aromatic rings. The number of aromatic nitrogens is 6. The predicted octanol–water partition coefficient (Wildman–Crippen LogP) is 5.57. The predicted molar refractivity (Wildman–Crippen MR) is 135 cm³/mol. The molecule has 0 atom stereocenters. The molecule has 7 nitrogen and oxygen atoms in total. The summed E-state index contributed by atoms with van der Waals surface area (Å²) >= 11 is 0. The van der Waals surface area contributed by atoms with Gasteiger partial charge in [0.15, 0.2) is 5.82 Å². The van der Waals surface area contributed by atoms with Crippen LogP contribution in [0.2, 0.25) is 0 Å². The Balaban J connectivity index is 1.50. The zero-order valence-corrected chi connectivity index (χ0v) is 19.5. The number of nitrogens with one attached hydrogen (secondary N) is 2. The molecule has 0 aliphatic carbocycles. The SMILES string of the molecule is CN(C)Cc1cncc(-c2ccc3[nH]nc(-c4nc5c(-c6ccccc6F)nccc5[nH]4)c3c2F)c1. The quantitative estimate of drug-likeness (QED) is 0.336. The summed E-state index contributed by atoms with van der Waals surface area (Å²) in [6.07, 6.45) is 5.01. The molecular weight excluding hydrogens is 460 g/mol. The average molecular weight is 482 g/mol. The molecule has 2 aromatic carbocycles. The molecule has 0 fully saturated rings. The van der Waals surface area contributed by atoms with Crippen LogP contribution in [0.1, 0.15) is 5.56 Å². The van der Waals surface area contributed by atoms with Gasteiger partial charge in [0.05, 0.1) is 16.4 Å². The van der Waals surface area contributed by atoms with Crippen molar-refractivity contribution in [2.24, 2.45) is 0 Å². The average Bonchev–Trinajstić information content (AvgIpc) is 3.49. The van der Waals surface area contributed by atoms with E-state index in [4.69, 9.17) is 0 Å². The van der Waals surface area contributed by atoms with Crippen molar-refractivity contribution in [2.75, 3.05) is 14.1 Å². The lowest BCUT2D eigenvalue weighted by atomic mass is 10.0. The summed E-state index contributed by atoms with van der Waals surface area (Å²) in [5.74, 6) is -0.460. The highest BCUT2D eigenvalue weighted by Gasteiger charge is 2.21. The number of hydrogen-bond acceptors (Lipinski definition) is 5. The summed E-state index contributed by atoms with van der Waals surface area (Å²) in [4.78, 5) is 18.6. The first-order chi connectivity index (χ1) is 17.5. The molecular formula is C27H21F2N7. The molecule has 4 aromatic heterocycles. The normalized spacial score (nSPS) is 11.7. The lowest BCUT2D eigenvalue weighted by Gasteiger charge is -2.11. The second-order valence-electron chi connectivity index (χ2n) is 8.86. The van der Waals surface area contributed by atoms with Crippen LogP contribution in [0.4, 0.5) is 8.78 Å². The molecule has 0 unspecified atom stereocenters. The number of hydrogen-bond donors (Lipinski definition) is 2. The summed E-state index contributed by atoms with van der Waals surface area (Å²) in [5.41, 5.74) is 4.81. The van der Waals surface area contributed by atoms with E-state index in [2.05, 4.69) is 30.1 Å². The van der Waals surface area contributed by atoms with Gasteiger partial charge in [0, 0.05) is 41.8 Å². The fourth-order valence-electron chi connectivity index (χ4n) is 4.45. The van der Waals surface area contributed by atoms with Crippen LogP contribution in [-0.4, -0.2) is 49.1 Å². The van der Waals surface area contributed by atoms with Crippen LogP contribution in [-0.2, 0) is 6.54 Å². The molecule has 36 heavy (non-hydrogen) atoms. The van der Waals surface area contributed by atoms with E-state index in [1.165, 1.54) is 6.07 Å². The van der Waals surface area contributed by atoms with Crippen molar-refractivity contribution < 1.29 is 8.78 Å². The standard InChI is InChI=1S/C27H21F2N7/c1-36(2)14-15-11-16(13-30-12-15)17-7-8-20-22(23(17)29)26(35-34-20)27-32-21-9-10-31-24(25(21)33-27)18-5-3-4-6-19(18)28/h3-13H,14H2,1-2H3,(H,32,33)(H,34,35). The Morgan fingerprint density at radius 3 is 2.61 bits per heavy atom. The number of halogens is 2. The lowest BCUT2D eigenvalue weighted by molar-refractivity contribution is 0.402. The second-order valence-corrected chi connectivity index (χ2v) is 8.86. The van der Waals surface area contributed by atoms with Gasteiger partial charge in [-0.15, -0.1) is 0 Å². The molecule has 2 N–H and O–H groups in total. The van der Waals surface area contributed by atoms with E-state index in [0.717, 1.165) is 5.56 Å². The molecule has 4 heterocycles. The monoisotopic (exact) mass is 481 g/mol. The molecule has 0 aliphatic heterocycles. The molecule has 178 valence electrons. The molecule has 0 spiro atoms. The van der Waals surface area contributed by atoms with Gasteiger partial charge < -0.3 is 9.88 Å². The molecule has 0 saturated carbocycles. The van der Waals surface area contributed by atoms with Crippen molar-refractivity contribution in [1.82, 2.24) is 35.0 Å². The topological polar surface area (TPSA) is 86.4 Å². The van der Waals surface area contributed by atoms with E-state index in [-0.39, 0.29) is 0 Å². The third kappa shape index (κ3) is 3.70. The van der Waals surface area contributed by atoms with Gasteiger partial charge in [-0.3, -0.25) is 15.1 Å². The van der Waals surface area contributed by atoms with E-state index >= 15 is 4.39 Å². The van der Waals surface area contributed by atoms with Gasteiger partial charge in [0.1, 0.15) is 28.5 Å². The highest BCUT2D eigenvalue weighted by molar-refractivity contribution is 5.98. The molecule has 6 rings (SSSR count). The highest BCUT2D eigenvalue weighted by atomic mass is 19.1. The Morgan fingerprint density at radius 1 is 0.917 bits per heavy atom. The fourth-order valence-corrected chi connectivity index (χ4v) is 4.45. The number of fused-ring (bicyclic) bond motifs is 2. The van der Waals surface area contributed by atoms with E-state index in [0.29, 0.717) is 62.4 Å². The molecule has 0 saturated heterocycles. The van der Waals surface area contributed by atoms with Crippen LogP contribution in [0.25, 0.3) is 55.8 Å². The summed E-state index contributed by atoms with van der Waals surface area (Å²) < 4.78 is 30.5. The van der Waals surface area contributed by atoms with Gasteiger partial charge in [0.25, 0.3) is 0 Å². The number of aromatic amines is 2. The minimum Gasteiger partial charge on any atom is -0.336 e. The largest absolute Gasteiger partial charge is 0.336 e. The van der Waals surface area contributed by atoms with Crippen molar-refractivity contribution >= 4 is 21.9 Å².